The van der Waals surface area contributed by atoms with E-state index in [9.17, 15) is 8.78 Å². The Hall–Kier alpha value is -1.62. The van der Waals surface area contributed by atoms with Crippen LogP contribution in [-0.4, -0.2) is 9.97 Å². The quantitative estimate of drug-likeness (QED) is 0.771. The van der Waals surface area contributed by atoms with E-state index >= 15 is 0 Å². The predicted molar refractivity (Wildman–Crippen MR) is 59.5 cm³/mol. The van der Waals surface area contributed by atoms with Crippen LogP contribution in [0.2, 0.25) is 0 Å². The first-order valence-corrected chi connectivity index (χ1v) is 5.00. The predicted octanol–water partition coefficient (Wildman–Crippen LogP) is 3.39. The number of hydrogen-bond acceptors (Lipinski definition) is 2. The number of benzene rings is 1. The van der Waals surface area contributed by atoms with Crippen LogP contribution in [0.4, 0.5) is 8.78 Å². The Morgan fingerprint density at radius 3 is 2.81 bits per heavy atom. The molecular formula is C11H8F2N2S. The molecule has 2 aromatic rings. The molecule has 0 aliphatic carbocycles. The summed E-state index contributed by atoms with van der Waals surface area (Å²) >= 11 is 4.97. The second-order valence-electron chi connectivity index (χ2n) is 3.31. The molecule has 0 bridgehead atoms. The van der Waals surface area contributed by atoms with Crippen LogP contribution < -0.4 is 0 Å². The molecule has 1 aromatic heterocycles. The third-order valence-electron chi connectivity index (χ3n) is 2.31. The van der Waals surface area contributed by atoms with Crippen LogP contribution in [0, 0.1) is 23.2 Å². The zero-order valence-corrected chi connectivity index (χ0v) is 9.24. The molecule has 0 unspecified atom stereocenters. The first-order chi connectivity index (χ1) is 7.61. The molecule has 16 heavy (non-hydrogen) atoms. The number of H-pyrrole nitrogens is 1. The lowest BCUT2D eigenvalue weighted by Gasteiger charge is -2.06. The summed E-state index contributed by atoms with van der Waals surface area (Å²) in [5, 5.41) is 0. The molecule has 0 atom stereocenters. The molecule has 82 valence electrons. The van der Waals surface area contributed by atoms with Gasteiger partial charge in [0.2, 0.25) is 0 Å². The second-order valence-corrected chi connectivity index (χ2v) is 3.70. The highest BCUT2D eigenvalue weighted by Gasteiger charge is 2.12. The third-order valence-corrected chi connectivity index (χ3v) is 2.72. The Labute approximate surface area is 96.0 Å². The van der Waals surface area contributed by atoms with Crippen LogP contribution in [0.15, 0.2) is 24.5 Å². The lowest BCUT2D eigenvalue weighted by molar-refractivity contribution is 0.511. The van der Waals surface area contributed by atoms with Crippen molar-refractivity contribution in [3.8, 4) is 11.3 Å². The fourth-order valence-corrected chi connectivity index (χ4v) is 1.60. The highest BCUT2D eigenvalue weighted by molar-refractivity contribution is 7.71. The summed E-state index contributed by atoms with van der Waals surface area (Å²) in [4.78, 5) is 6.64. The van der Waals surface area contributed by atoms with E-state index in [0.717, 1.165) is 6.07 Å². The zero-order valence-electron chi connectivity index (χ0n) is 8.42. The van der Waals surface area contributed by atoms with E-state index in [0.29, 0.717) is 15.9 Å². The van der Waals surface area contributed by atoms with Gasteiger partial charge in [-0.15, -0.1) is 0 Å². The minimum absolute atomic E-state index is 0.158. The van der Waals surface area contributed by atoms with Crippen molar-refractivity contribution < 1.29 is 8.78 Å². The van der Waals surface area contributed by atoms with Crippen LogP contribution in [-0.2, 0) is 0 Å². The minimum Gasteiger partial charge on any atom is -0.345 e. The number of nitrogens with one attached hydrogen (secondary N) is 1. The van der Waals surface area contributed by atoms with Gasteiger partial charge in [-0.2, -0.15) is 0 Å². The van der Waals surface area contributed by atoms with E-state index in [1.165, 1.54) is 18.5 Å². The van der Waals surface area contributed by atoms with Crippen molar-refractivity contribution in [1.29, 1.82) is 0 Å². The Morgan fingerprint density at radius 2 is 2.06 bits per heavy atom. The summed E-state index contributed by atoms with van der Waals surface area (Å²) in [5.41, 5.74) is 1.24. The molecule has 0 saturated heterocycles. The fraction of sp³-hybridized carbons (Fsp3) is 0.0909. The maximum Gasteiger partial charge on any atom is 0.168 e. The van der Waals surface area contributed by atoms with Gasteiger partial charge < -0.3 is 4.98 Å². The molecule has 5 heteroatoms. The van der Waals surface area contributed by atoms with E-state index in [1.54, 1.807) is 6.92 Å². The molecule has 0 fully saturated rings. The summed E-state index contributed by atoms with van der Waals surface area (Å²) < 4.78 is 27.0. The number of aromatic amines is 1. The van der Waals surface area contributed by atoms with Crippen molar-refractivity contribution in [2.24, 2.45) is 0 Å². The van der Waals surface area contributed by atoms with Crippen molar-refractivity contribution in [1.82, 2.24) is 9.97 Å². The van der Waals surface area contributed by atoms with Crippen molar-refractivity contribution in [2.45, 2.75) is 6.92 Å². The summed E-state index contributed by atoms with van der Waals surface area (Å²) in [6.45, 7) is 1.71. The lowest BCUT2D eigenvalue weighted by Crippen LogP contribution is -1.95. The number of halogens is 2. The first kappa shape index (κ1) is 10.9. The van der Waals surface area contributed by atoms with E-state index in [-0.39, 0.29) is 5.56 Å². The van der Waals surface area contributed by atoms with Gasteiger partial charge in [0.15, 0.2) is 11.6 Å². The SMILES string of the molecule is Cc1c(-c2cccc(F)c2F)[nH]cnc1=S. The Kier molecular flexibility index (Phi) is 2.78. The molecule has 0 saturated carbocycles. The van der Waals surface area contributed by atoms with Crippen molar-refractivity contribution in [3.63, 3.8) is 0 Å². The van der Waals surface area contributed by atoms with Crippen LogP contribution in [0.25, 0.3) is 11.3 Å². The molecule has 1 heterocycles. The van der Waals surface area contributed by atoms with Gasteiger partial charge in [0.1, 0.15) is 4.64 Å². The van der Waals surface area contributed by atoms with Gasteiger partial charge >= 0.3 is 0 Å². The lowest BCUT2D eigenvalue weighted by atomic mass is 10.1. The standard InChI is InChI=1S/C11H8F2N2S/c1-6-10(14-5-15-11(6)16)7-3-2-4-8(12)9(7)13/h2-5H,1H3,(H,14,15,16). The Morgan fingerprint density at radius 1 is 1.31 bits per heavy atom. The summed E-state index contributed by atoms with van der Waals surface area (Å²) in [7, 11) is 0. The smallest absolute Gasteiger partial charge is 0.168 e. The van der Waals surface area contributed by atoms with Crippen molar-refractivity contribution >= 4 is 12.2 Å². The molecular weight excluding hydrogens is 230 g/mol. The number of aromatic nitrogens is 2. The van der Waals surface area contributed by atoms with Gasteiger partial charge in [-0.25, -0.2) is 13.8 Å². The highest BCUT2D eigenvalue weighted by Crippen LogP contribution is 2.24. The monoisotopic (exact) mass is 238 g/mol. The van der Waals surface area contributed by atoms with Crippen molar-refractivity contribution in [3.05, 3.63) is 46.4 Å². The highest BCUT2D eigenvalue weighted by atomic mass is 32.1. The molecule has 2 rings (SSSR count). The van der Waals surface area contributed by atoms with E-state index < -0.39 is 11.6 Å². The summed E-state index contributed by atoms with van der Waals surface area (Å²) in [5.74, 6) is -1.77. The van der Waals surface area contributed by atoms with Gasteiger partial charge in [-0.1, -0.05) is 18.3 Å². The Bertz CT molecular complexity index is 593. The van der Waals surface area contributed by atoms with E-state index in [4.69, 9.17) is 12.2 Å². The molecule has 0 spiro atoms. The molecule has 0 amide bonds. The average Bonchev–Trinajstić information content (AvgIpc) is 2.27. The summed E-state index contributed by atoms with van der Waals surface area (Å²) in [6, 6.07) is 4.01. The van der Waals surface area contributed by atoms with Gasteiger partial charge in [-0.3, -0.25) is 0 Å². The van der Waals surface area contributed by atoms with E-state index in [1.807, 2.05) is 0 Å². The largest absolute Gasteiger partial charge is 0.345 e. The van der Waals surface area contributed by atoms with Crippen LogP contribution >= 0.6 is 12.2 Å². The molecule has 0 aliphatic rings. The third kappa shape index (κ3) is 1.74. The maximum atomic E-state index is 13.5. The van der Waals surface area contributed by atoms with Gasteiger partial charge in [0, 0.05) is 11.1 Å². The van der Waals surface area contributed by atoms with Crippen LogP contribution in [0.5, 0.6) is 0 Å². The number of rotatable bonds is 1. The number of nitrogens with zero attached hydrogens (tertiary/aromatic N) is 1. The van der Waals surface area contributed by atoms with Crippen molar-refractivity contribution in [2.75, 3.05) is 0 Å². The second kappa shape index (κ2) is 4.09. The molecule has 1 N–H and O–H groups in total. The maximum absolute atomic E-state index is 13.5. The first-order valence-electron chi connectivity index (χ1n) is 4.60. The van der Waals surface area contributed by atoms with Gasteiger partial charge in [-0.05, 0) is 19.1 Å². The molecule has 2 nitrogen and oxygen atoms in total. The fourth-order valence-electron chi connectivity index (χ4n) is 1.44. The van der Waals surface area contributed by atoms with Crippen LogP contribution in [0.1, 0.15) is 5.56 Å². The molecule has 0 radical (unpaired) electrons. The van der Waals surface area contributed by atoms with Gasteiger partial charge in [0.05, 0.1) is 12.0 Å². The number of hydrogen-bond donors (Lipinski definition) is 1. The Balaban J connectivity index is 2.73. The van der Waals surface area contributed by atoms with E-state index in [2.05, 4.69) is 9.97 Å². The minimum atomic E-state index is -0.887. The normalized spacial score (nSPS) is 10.4. The topological polar surface area (TPSA) is 28.7 Å². The molecule has 1 aromatic carbocycles. The molecule has 0 aliphatic heterocycles. The summed E-state index contributed by atoms with van der Waals surface area (Å²) in [6.07, 6.45) is 1.37. The average molecular weight is 238 g/mol. The zero-order chi connectivity index (χ0) is 11.7. The van der Waals surface area contributed by atoms with Gasteiger partial charge in [0.25, 0.3) is 0 Å². The van der Waals surface area contributed by atoms with Crippen LogP contribution in [0.3, 0.4) is 0 Å².